The number of phenolic OH excluding ortho intramolecular Hbond substituents is 1. The molecule has 4 heterocycles. The van der Waals surface area contributed by atoms with Crippen molar-refractivity contribution in [3.63, 3.8) is 0 Å². The van der Waals surface area contributed by atoms with E-state index in [0.29, 0.717) is 157 Å². The summed E-state index contributed by atoms with van der Waals surface area (Å²) in [6, 6.07) is 6.85. The van der Waals surface area contributed by atoms with E-state index < -0.39 is 25.5 Å². The van der Waals surface area contributed by atoms with E-state index in [1.165, 1.54) is 25.7 Å². The van der Waals surface area contributed by atoms with Gasteiger partial charge in [-0.05, 0) is 113 Å². The largest absolute Gasteiger partial charge is 0.507 e. The molecule has 1 aliphatic rings. The Balaban J connectivity index is 0.00000202. The summed E-state index contributed by atoms with van der Waals surface area (Å²) in [5.74, 6) is -0.0981. The molecule has 32 heteroatoms. The van der Waals surface area contributed by atoms with Crippen molar-refractivity contribution in [2.45, 2.75) is 130 Å². The number of aromatic hydroxyl groups is 1. The van der Waals surface area contributed by atoms with Crippen LogP contribution in [0.4, 0.5) is 16.7 Å². The van der Waals surface area contributed by atoms with Crippen molar-refractivity contribution < 1.29 is 62.2 Å². The zero-order valence-electron chi connectivity index (χ0n) is 52.7. The predicted octanol–water partition coefficient (Wildman–Crippen LogP) is 6.50. The van der Waals surface area contributed by atoms with Crippen molar-refractivity contribution in [2.24, 2.45) is 10.8 Å². The molecule has 1 saturated heterocycles. The van der Waals surface area contributed by atoms with Gasteiger partial charge in [0, 0.05) is 141 Å². The van der Waals surface area contributed by atoms with E-state index >= 15 is 0 Å². The fourth-order valence-electron chi connectivity index (χ4n) is 9.09. The van der Waals surface area contributed by atoms with E-state index in [1.54, 1.807) is 66.8 Å². The zero-order chi connectivity index (χ0) is 66.2. The summed E-state index contributed by atoms with van der Waals surface area (Å²) >= 11 is 3.41. The van der Waals surface area contributed by atoms with Crippen molar-refractivity contribution in [2.75, 3.05) is 116 Å². The van der Waals surface area contributed by atoms with Crippen LogP contribution in [0.15, 0.2) is 40.0 Å². The minimum absolute atomic E-state index is 0.00553. The van der Waals surface area contributed by atoms with Crippen molar-refractivity contribution in [1.29, 1.82) is 0 Å². The number of ketones is 5. The monoisotopic (exact) mass is 1340 g/mol. The summed E-state index contributed by atoms with van der Waals surface area (Å²) < 4.78 is 36.7. The smallest absolute Gasteiger partial charge is 0.407 e. The van der Waals surface area contributed by atoms with E-state index in [2.05, 4.69) is 56.5 Å². The number of rotatable bonds is 41. The number of amides is 3. The Morgan fingerprint density at radius 1 is 0.811 bits per heavy atom. The molecule has 1 aliphatic heterocycles. The molecule has 2 atom stereocenters. The van der Waals surface area contributed by atoms with Crippen LogP contribution in [0.25, 0.3) is 21.3 Å². The van der Waals surface area contributed by atoms with Gasteiger partial charge >= 0.3 is 12.1 Å². The minimum atomic E-state index is -3.09. The Hall–Kier alpha value is -7.56. The minimum Gasteiger partial charge on any atom is -0.507 e. The third-order valence-corrected chi connectivity index (χ3v) is 18.3. The van der Waals surface area contributed by atoms with Crippen molar-refractivity contribution in [1.82, 2.24) is 54.5 Å². The summed E-state index contributed by atoms with van der Waals surface area (Å²) in [5, 5.41) is 25.2. The SMILES string of the molecule is CC(=O)CCN=[N+]=[N-].CC(=O)CCn1cc(CCC(=O)CCCCCNC(=O)OC(CCN(C)C(=O)CCCCC(=O)CCCOCCOc2nc(N(C)CC(N)=O)nc(N3CCN(P(=O)(CC(C)=O)N(C)C)CC3)n2)c2ccc3ccc(O)c(Br)c3n2)nn1. The van der Waals surface area contributed by atoms with Crippen LogP contribution in [0, 0.1) is 0 Å². The van der Waals surface area contributed by atoms with Crippen LogP contribution in [-0.4, -0.2) is 208 Å². The van der Waals surface area contributed by atoms with Gasteiger partial charge in [0.05, 0.1) is 40.7 Å². The van der Waals surface area contributed by atoms with Crippen LogP contribution in [0.1, 0.15) is 128 Å². The summed E-state index contributed by atoms with van der Waals surface area (Å²) in [4.78, 5) is 122. The van der Waals surface area contributed by atoms with Crippen LogP contribution in [0.5, 0.6) is 11.8 Å². The molecule has 0 saturated carbocycles. The maximum atomic E-state index is 13.8. The number of anilines is 2. The highest BCUT2D eigenvalue weighted by Gasteiger charge is 2.37. The first-order valence-electron chi connectivity index (χ1n) is 30.0. The Morgan fingerprint density at radius 3 is 2.17 bits per heavy atom. The average molecular weight is 1340 g/mol. The summed E-state index contributed by atoms with van der Waals surface area (Å²) in [7, 11) is 3.61. The molecule has 4 N–H and O–H groups in total. The van der Waals surface area contributed by atoms with Crippen molar-refractivity contribution in [3.05, 3.63) is 56.8 Å². The van der Waals surface area contributed by atoms with E-state index in [-0.39, 0.29) is 104 Å². The number of pyridine rings is 1. The first kappa shape index (κ1) is 74.9. The number of aryl methyl sites for hydroxylation is 2. The molecule has 90 heavy (non-hydrogen) atoms. The molecular formula is C58H87BrN17O13P. The lowest BCUT2D eigenvalue weighted by Crippen LogP contribution is -2.47. The van der Waals surface area contributed by atoms with Gasteiger partial charge in [-0.3, -0.25) is 38.0 Å². The Morgan fingerprint density at radius 2 is 1.49 bits per heavy atom. The van der Waals surface area contributed by atoms with Crippen molar-refractivity contribution >= 4 is 93.0 Å². The van der Waals surface area contributed by atoms with Crippen molar-refractivity contribution in [3.8, 4) is 11.8 Å². The van der Waals surface area contributed by atoms with Crippen LogP contribution in [0.3, 0.4) is 0 Å². The second-order valence-electron chi connectivity index (χ2n) is 22.0. The fraction of sp³-hybridized carbons (Fsp3) is 0.621. The van der Waals surface area contributed by atoms with E-state index in [0.717, 1.165) is 5.39 Å². The normalized spacial score (nSPS) is 13.3. The molecule has 4 aromatic rings. The maximum absolute atomic E-state index is 13.8. The molecule has 1 aromatic carbocycles. The van der Waals surface area contributed by atoms with Gasteiger partial charge in [0.25, 0.3) is 0 Å². The van der Waals surface area contributed by atoms with Crippen LogP contribution >= 0.6 is 23.4 Å². The molecule has 30 nitrogen and oxygen atoms in total. The number of phenols is 1. The predicted molar refractivity (Wildman–Crippen MR) is 339 cm³/mol. The fourth-order valence-corrected chi connectivity index (χ4v) is 11.9. The Labute approximate surface area is 532 Å². The third kappa shape index (κ3) is 27.3. The number of unbranched alkanes of at least 4 members (excludes halogenated alkanes) is 3. The highest BCUT2D eigenvalue weighted by molar-refractivity contribution is 9.10. The number of alkyl carbamates (subject to hydrolysis) is 1. The van der Waals surface area contributed by atoms with Crippen LogP contribution < -0.4 is 25.6 Å². The third-order valence-electron chi connectivity index (χ3n) is 14.2. The number of nitrogens with two attached hydrogens (primary N) is 1. The summed E-state index contributed by atoms with van der Waals surface area (Å²) in [6.07, 6.45) is 6.76. The number of nitrogens with zero attached hydrogens (tertiary/aromatic N) is 15. The second kappa shape index (κ2) is 39.5. The number of Topliss-reactive ketones (excluding diaryl/α,β-unsaturated/α-hetero) is 5. The Bertz CT molecular complexity index is 3140. The molecule has 494 valence electrons. The van der Waals surface area contributed by atoms with Gasteiger partial charge in [-0.1, -0.05) is 22.8 Å². The molecular weight excluding hydrogens is 1250 g/mol. The number of likely N-dealkylation sites (N-methyl/N-ethyl adjacent to an activating group) is 1. The molecule has 0 radical (unpaired) electrons. The molecule has 1 fully saturated rings. The number of piperazine rings is 1. The lowest BCUT2D eigenvalue weighted by atomic mass is 10.1. The second-order valence-corrected chi connectivity index (χ2v) is 25.8. The number of hydrogen-bond acceptors (Lipinski definition) is 22. The van der Waals surface area contributed by atoms with Gasteiger partial charge < -0.3 is 49.9 Å². The molecule has 3 amide bonds. The van der Waals surface area contributed by atoms with Gasteiger partial charge in [0.1, 0.15) is 47.4 Å². The van der Waals surface area contributed by atoms with Crippen LogP contribution in [-0.2, 0) is 60.6 Å². The number of carbonyl (C=O) groups excluding carboxylic acids is 8. The number of carbonyl (C=O) groups is 8. The summed E-state index contributed by atoms with van der Waals surface area (Å²) in [6.45, 7) is 7.77. The van der Waals surface area contributed by atoms with Gasteiger partial charge in [0.2, 0.25) is 31.2 Å². The number of hydrogen-bond donors (Lipinski definition) is 3. The highest BCUT2D eigenvalue weighted by Crippen LogP contribution is 2.51. The zero-order valence-corrected chi connectivity index (χ0v) is 55.2. The molecule has 0 bridgehead atoms. The Kier molecular flexibility index (Phi) is 32.9. The first-order valence-corrected chi connectivity index (χ1v) is 32.6. The number of azide groups is 1. The average Bonchev–Trinajstić information content (AvgIpc) is 2.25. The maximum Gasteiger partial charge on any atom is 0.407 e. The standard InChI is InChI=1S/C54H80BrN14O12P.C4H7N3O/c1-38(70)23-27-68-35-41(62-63-68)19-20-43(73)13-8-7-11-25-57-54(77)81-46(44-21-17-40-18-22-45(74)49(55)50(40)58-44)24-26-65(5)48(76)16-10-9-14-42(72)15-12-32-79-33-34-80-53-60-51(66(6)36-47(56)75)59-52(61-53)67-28-30-69(31-29-67)82(78,64(3)4)37-39(2)71;1-4(8)2-3-6-7-5/h17-18,21-22,35,46,74H,7-16,19-20,23-34,36-37H2,1-6H3,(H2,56,75)(H,57,77);2-3H2,1H3. The molecule has 3 aromatic heterocycles. The number of ether oxygens (including phenoxy) is 3. The first-order chi connectivity index (χ1) is 42.9. The molecule has 0 aliphatic carbocycles. The van der Waals surface area contributed by atoms with Gasteiger partial charge in [-0.2, -0.15) is 15.0 Å². The number of benzene rings is 1. The van der Waals surface area contributed by atoms with Crippen LogP contribution in [0.2, 0.25) is 0 Å². The number of halogens is 1. The quantitative estimate of drug-likeness (QED) is 0.0140. The van der Waals surface area contributed by atoms with Gasteiger partial charge in [-0.25, -0.2) is 19.1 Å². The van der Waals surface area contributed by atoms with Gasteiger partial charge in [0.15, 0.2) is 0 Å². The molecule has 0 spiro atoms. The highest BCUT2D eigenvalue weighted by atomic mass is 79.9. The number of fused-ring (bicyclic) bond motifs is 1. The van der Waals surface area contributed by atoms with E-state index in [4.69, 9.17) is 30.5 Å². The van der Waals surface area contributed by atoms with E-state index in [1.807, 2.05) is 15.6 Å². The lowest BCUT2D eigenvalue weighted by molar-refractivity contribution is -0.130. The molecule has 5 rings (SSSR count). The van der Waals surface area contributed by atoms with Gasteiger partial charge in [-0.15, -0.1) is 5.10 Å². The number of aromatic nitrogens is 7. The number of primary amides is 1. The summed E-state index contributed by atoms with van der Waals surface area (Å²) in [5.41, 5.74) is 14.8. The van der Waals surface area contributed by atoms with E-state index in [9.17, 15) is 48.0 Å². The topological polar surface area (TPSA) is 387 Å². The lowest BCUT2D eigenvalue weighted by Gasteiger charge is -2.41. The number of nitrogens with one attached hydrogen (secondary N) is 1. The molecule has 2 unspecified atom stereocenters.